The Morgan fingerprint density at radius 1 is 1.24 bits per heavy atom. The number of likely N-dealkylation sites (tertiary alicyclic amines) is 1. The molecule has 3 nitrogen and oxygen atoms in total. The van der Waals surface area contributed by atoms with Crippen LogP contribution in [-0.2, 0) is 5.41 Å². The molecule has 0 aromatic heterocycles. The van der Waals surface area contributed by atoms with Gasteiger partial charge in [0.1, 0.15) is 0 Å². The van der Waals surface area contributed by atoms with E-state index in [1.807, 2.05) is 0 Å². The molecule has 0 bridgehead atoms. The first-order valence-electron chi connectivity index (χ1n) is 8.23. The zero-order valence-corrected chi connectivity index (χ0v) is 13.0. The molecule has 0 radical (unpaired) electrons. The number of unbranched alkanes of at least 4 members (excludes halogenated alkanes) is 1. The van der Waals surface area contributed by atoms with E-state index >= 15 is 0 Å². The number of piperidine rings is 1. The van der Waals surface area contributed by atoms with E-state index in [-0.39, 0.29) is 0 Å². The van der Waals surface area contributed by atoms with Crippen LogP contribution in [0.3, 0.4) is 0 Å². The van der Waals surface area contributed by atoms with Gasteiger partial charge in [-0.25, -0.2) is 0 Å². The SMILES string of the molecule is CCN1CC2(CCN(CCCC#N)CC2)c2ccccc21. The lowest BCUT2D eigenvalue weighted by Gasteiger charge is -2.40. The number of nitriles is 1. The van der Waals surface area contributed by atoms with Crippen LogP contribution in [-0.4, -0.2) is 37.6 Å². The fraction of sp³-hybridized carbons (Fsp3) is 0.611. The van der Waals surface area contributed by atoms with E-state index in [4.69, 9.17) is 5.26 Å². The molecule has 3 heteroatoms. The van der Waals surface area contributed by atoms with Gasteiger partial charge in [-0.15, -0.1) is 0 Å². The summed E-state index contributed by atoms with van der Waals surface area (Å²) in [5.74, 6) is 0. The topological polar surface area (TPSA) is 30.3 Å². The molecule has 0 aliphatic carbocycles. The zero-order valence-electron chi connectivity index (χ0n) is 13.0. The van der Waals surface area contributed by atoms with Crippen LogP contribution in [0.1, 0.15) is 38.2 Å². The Labute approximate surface area is 128 Å². The van der Waals surface area contributed by atoms with Gasteiger partial charge in [0, 0.05) is 30.6 Å². The van der Waals surface area contributed by atoms with Gasteiger partial charge in [0.15, 0.2) is 0 Å². The minimum atomic E-state index is 0.373. The van der Waals surface area contributed by atoms with Crippen LogP contribution in [0.2, 0.25) is 0 Å². The summed E-state index contributed by atoms with van der Waals surface area (Å²) in [6, 6.07) is 11.2. The molecule has 1 aromatic carbocycles. The van der Waals surface area contributed by atoms with E-state index in [9.17, 15) is 0 Å². The van der Waals surface area contributed by atoms with Gasteiger partial charge in [0.25, 0.3) is 0 Å². The van der Waals surface area contributed by atoms with Crippen LogP contribution >= 0.6 is 0 Å². The van der Waals surface area contributed by atoms with Gasteiger partial charge >= 0.3 is 0 Å². The quantitative estimate of drug-likeness (QED) is 0.795. The van der Waals surface area contributed by atoms with E-state index in [2.05, 4.69) is 47.1 Å². The van der Waals surface area contributed by atoms with E-state index in [0.29, 0.717) is 11.8 Å². The van der Waals surface area contributed by atoms with Gasteiger partial charge in [-0.2, -0.15) is 5.26 Å². The zero-order chi connectivity index (χ0) is 14.7. The molecular weight excluding hydrogens is 258 g/mol. The molecule has 112 valence electrons. The van der Waals surface area contributed by atoms with Crippen LogP contribution < -0.4 is 4.90 Å². The largest absolute Gasteiger partial charge is 0.371 e. The number of nitrogens with zero attached hydrogens (tertiary/aromatic N) is 3. The van der Waals surface area contributed by atoms with E-state index in [1.165, 1.54) is 38.2 Å². The van der Waals surface area contributed by atoms with Crippen molar-refractivity contribution < 1.29 is 0 Å². The smallest absolute Gasteiger partial charge is 0.0622 e. The molecular formula is C18H25N3. The summed E-state index contributed by atoms with van der Waals surface area (Å²) < 4.78 is 0. The van der Waals surface area contributed by atoms with Gasteiger partial charge < -0.3 is 9.80 Å². The van der Waals surface area contributed by atoms with Crippen molar-refractivity contribution in [3.8, 4) is 6.07 Å². The Morgan fingerprint density at radius 3 is 2.71 bits per heavy atom. The number of likely N-dealkylation sites (N-methyl/N-ethyl adjacent to an activating group) is 1. The maximum absolute atomic E-state index is 8.65. The second-order valence-electron chi connectivity index (χ2n) is 6.41. The standard InChI is InChI=1S/C18H25N3/c1-2-21-15-18(16-7-3-4-8-17(16)21)9-13-20(14-10-18)12-6-5-11-19/h3-4,7-8H,2,5-6,9-10,12-15H2,1H3. The summed E-state index contributed by atoms with van der Waals surface area (Å²) in [4.78, 5) is 5.08. The summed E-state index contributed by atoms with van der Waals surface area (Å²) in [7, 11) is 0. The molecule has 1 spiro atoms. The van der Waals surface area contributed by atoms with E-state index < -0.39 is 0 Å². The normalized spacial score (nSPS) is 20.5. The van der Waals surface area contributed by atoms with Crippen molar-refractivity contribution in [2.24, 2.45) is 0 Å². The van der Waals surface area contributed by atoms with Crippen LogP contribution in [0.5, 0.6) is 0 Å². The monoisotopic (exact) mass is 283 g/mol. The van der Waals surface area contributed by atoms with Crippen LogP contribution in [0.25, 0.3) is 0 Å². The minimum absolute atomic E-state index is 0.373. The summed E-state index contributed by atoms with van der Waals surface area (Å²) in [6.45, 7) is 7.99. The highest BCUT2D eigenvalue weighted by Crippen LogP contribution is 2.46. The predicted molar refractivity (Wildman–Crippen MR) is 86.5 cm³/mol. The summed E-state index contributed by atoms with van der Waals surface area (Å²) >= 11 is 0. The van der Waals surface area contributed by atoms with Crippen molar-refractivity contribution in [3.63, 3.8) is 0 Å². The van der Waals surface area contributed by atoms with Crippen molar-refractivity contribution >= 4 is 5.69 Å². The second-order valence-corrected chi connectivity index (χ2v) is 6.41. The molecule has 0 atom stereocenters. The Morgan fingerprint density at radius 2 is 2.00 bits per heavy atom. The van der Waals surface area contributed by atoms with E-state index in [0.717, 1.165) is 19.5 Å². The lowest BCUT2D eigenvalue weighted by molar-refractivity contribution is 0.165. The molecule has 2 aliphatic heterocycles. The number of anilines is 1. The molecule has 3 rings (SSSR count). The molecule has 2 heterocycles. The first kappa shape index (κ1) is 14.4. The lowest BCUT2D eigenvalue weighted by atomic mass is 9.74. The van der Waals surface area contributed by atoms with Gasteiger partial charge in [-0.1, -0.05) is 18.2 Å². The van der Waals surface area contributed by atoms with Crippen LogP contribution in [0, 0.1) is 11.3 Å². The molecule has 1 aromatic rings. The fourth-order valence-corrected chi connectivity index (χ4v) is 4.03. The third-order valence-corrected chi connectivity index (χ3v) is 5.27. The van der Waals surface area contributed by atoms with Crippen molar-refractivity contribution in [1.82, 2.24) is 4.90 Å². The molecule has 0 saturated carbocycles. The van der Waals surface area contributed by atoms with Gasteiger partial charge in [-0.3, -0.25) is 0 Å². The van der Waals surface area contributed by atoms with Crippen molar-refractivity contribution in [2.75, 3.05) is 37.6 Å². The summed E-state index contributed by atoms with van der Waals surface area (Å²) in [5.41, 5.74) is 3.40. The molecule has 1 fully saturated rings. The third-order valence-electron chi connectivity index (χ3n) is 5.27. The minimum Gasteiger partial charge on any atom is -0.371 e. The van der Waals surface area contributed by atoms with Gasteiger partial charge in [0.05, 0.1) is 6.07 Å². The Kier molecular flexibility index (Phi) is 4.17. The highest BCUT2D eigenvalue weighted by molar-refractivity contribution is 5.62. The molecule has 1 saturated heterocycles. The average Bonchev–Trinajstić information content (AvgIpc) is 2.84. The van der Waals surface area contributed by atoms with E-state index in [1.54, 1.807) is 5.56 Å². The number of fused-ring (bicyclic) bond motifs is 2. The number of hydrogen-bond donors (Lipinski definition) is 0. The first-order valence-corrected chi connectivity index (χ1v) is 8.23. The maximum Gasteiger partial charge on any atom is 0.0622 e. The summed E-state index contributed by atoms with van der Waals surface area (Å²) in [5, 5.41) is 8.65. The third kappa shape index (κ3) is 2.65. The van der Waals surface area contributed by atoms with Gasteiger partial charge in [-0.05, 0) is 57.5 Å². The van der Waals surface area contributed by atoms with Crippen molar-refractivity contribution in [1.29, 1.82) is 5.26 Å². The Bertz CT molecular complexity index is 524. The lowest BCUT2D eigenvalue weighted by Crippen LogP contribution is -2.45. The number of rotatable bonds is 4. The number of hydrogen-bond acceptors (Lipinski definition) is 3. The maximum atomic E-state index is 8.65. The fourth-order valence-electron chi connectivity index (χ4n) is 4.03. The Hall–Kier alpha value is -1.53. The summed E-state index contributed by atoms with van der Waals surface area (Å²) in [6.07, 6.45) is 4.22. The van der Waals surface area contributed by atoms with Crippen LogP contribution in [0.15, 0.2) is 24.3 Å². The van der Waals surface area contributed by atoms with Crippen molar-refractivity contribution in [2.45, 2.75) is 38.0 Å². The second kappa shape index (κ2) is 6.07. The predicted octanol–water partition coefficient (Wildman–Crippen LogP) is 3.16. The number of benzene rings is 1. The van der Waals surface area contributed by atoms with Crippen LogP contribution in [0.4, 0.5) is 5.69 Å². The highest BCUT2D eigenvalue weighted by atomic mass is 15.2. The average molecular weight is 283 g/mol. The highest BCUT2D eigenvalue weighted by Gasteiger charge is 2.43. The Balaban J connectivity index is 1.69. The molecule has 0 N–H and O–H groups in total. The molecule has 0 amide bonds. The molecule has 21 heavy (non-hydrogen) atoms. The molecule has 0 unspecified atom stereocenters. The molecule has 2 aliphatic rings. The van der Waals surface area contributed by atoms with Crippen molar-refractivity contribution in [3.05, 3.63) is 29.8 Å². The first-order chi connectivity index (χ1) is 10.3. The van der Waals surface area contributed by atoms with Gasteiger partial charge in [0.2, 0.25) is 0 Å². The number of para-hydroxylation sites is 1.